The molecule has 10 heavy (non-hydrogen) atoms. The van der Waals surface area contributed by atoms with Crippen LogP contribution in [-0.4, -0.2) is 7.05 Å². The summed E-state index contributed by atoms with van der Waals surface area (Å²) in [7, 11) is 1.36. The molecule has 0 aromatic heterocycles. The van der Waals surface area contributed by atoms with Crippen LogP contribution >= 0.6 is 15.9 Å². The lowest BCUT2D eigenvalue weighted by atomic mass is 10.3. The van der Waals surface area contributed by atoms with Crippen LogP contribution < -0.4 is 5.12 Å². The number of rotatable bonds is 1. The lowest BCUT2D eigenvalue weighted by Gasteiger charge is -2.05. The zero-order valence-electron chi connectivity index (χ0n) is 5.51. The Morgan fingerprint density at radius 3 is 2.60 bits per heavy atom. The van der Waals surface area contributed by atoms with Gasteiger partial charge in [0, 0.05) is 11.5 Å². The Kier molecular flexibility index (Phi) is 2.27. The minimum atomic E-state index is 0.550. The summed E-state index contributed by atoms with van der Waals surface area (Å²) in [4.78, 5) is 0. The Labute approximate surface area is 67.5 Å². The van der Waals surface area contributed by atoms with Crippen LogP contribution in [0.3, 0.4) is 0 Å². The fourth-order valence-corrected chi connectivity index (χ4v) is 1.05. The van der Waals surface area contributed by atoms with Crippen LogP contribution in [0.25, 0.3) is 0 Å². The molecular weight excluding hydrogens is 197 g/mol. The molecule has 1 aromatic rings. The van der Waals surface area contributed by atoms with Gasteiger partial charge in [0.25, 0.3) is 0 Å². The highest BCUT2D eigenvalue weighted by molar-refractivity contribution is 9.10. The maximum Gasteiger partial charge on any atom is 0.0695 e. The quantitative estimate of drug-likeness (QED) is 0.635. The average Bonchev–Trinajstić information content (AvgIpc) is 1.88. The maximum absolute atomic E-state index is 12.4. The molecule has 0 heterocycles. The summed E-state index contributed by atoms with van der Waals surface area (Å²) in [5.41, 5.74) is 0.550. The lowest BCUT2D eigenvalue weighted by Crippen LogP contribution is -2.01. The summed E-state index contributed by atoms with van der Waals surface area (Å²) < 4.78 is 13.3. The number of hydrogen-bond donors (Lipinski definition) is 0. The fraction of sp³-hybridized carbons (Fsp3) is 0.143. The maximum atomic E-state index is 12.4. The molecule has 0 unspecified atom stereocenters. The van der Waals surface area contributed by atoms with Crippen molar-refractivity contribution in [2.45, 2.75) is 0 Å². The average molecular weight is 204 g/mol. The van der Waals surface area contributed by atoms with Crippen molar-refractivity contribution in [1.82, 2.24) is 0 Å². The summed E-state index contributed by atoms with van der Waals surface area (Å²) in [6.07, 6.45) is 0. The van der Waals surface area contributed by atoms with Crippen molar-refractivity contribution in [1.29, 1.82) is 0 Å². The summed E-state index contributed by atoms with van der Waals surface area (Å²) in [5.74, 6) is 0. The van der Waals surface area contributed by atoms with Gasteiger partial charge in [0.1, 0.15) is 0 Å². The molecule has 1 rings (SSSR count). The Morgan fingerprint density at radius 1 is 1.50 bits per heavy atom. The minimum Gasteiger partial charge on any atom is -0.215 e. The van der Waals surface area contributed by atoms with Gasteiger partial charge in [-0.15, -0.1) is 4.48 Å². The van der Waals surface area contributed by atoms with E-state index in [9.17, 15) is 4.48 Å². The van der Waals surface area contributed by atoms with E-state index in [-0.39, 0.29) is 0 Å². The normalized spacial score (nSPS) is 9.50. The second-order valence-electron chi connectivity index (χ2n) is 1.96. The zero-order valence-corrected chi connectivity index (χ0v) is 7.10. The minimum absolute atomic E-state index is 0.550. The van der Waals surface area contributed by atoms with E-state index in [0.29, 0.717) is 10.8 Å². The molecule has 3 heteroatoms. The van der Waals surface area contributed by atoms with E-state index in [1.165, 1.54) is 7.05 Å². The van der Waals surface area contributed by atoms with Gasteiger partial charge in [0.2, 0.25) is 0 Å². The van der Waals surface area contributed by atoms with Crippen LogP contribution in [0.4, 0.5) is 10.2 Å². The summed E-state index contributed by atoms with van der Waals surface area (Å²) in [6, 6.07) is 7.05. The zero-order chi connectivity index (χ0) is 7.56. The largest absolute Gasteiger partial charge is 0.215 e. The molecular formula is C7H7BrFN. The van der Waals surface area contributed by atoms with Crippen LogP contribution in [0.2, 0.25) is 0 Å². The predicted octanol–water partition coefficient (Wildman–Crippen LogP) is 2.77. The van der Waals surface area contributed by atoms with Crippen molar-refractivity contribution in [2.75, 3.05) is 12.2 Å². The van der Waals surface area contributed by atoms with Gasteiger partial charge in [-0.1, -0.05) is 22.0 Å². The highest BCUT2D eigenvalue weighted by Crippen LogP contribution is 2.18. The molecule has 0 saturated carbocycles. The Hall–Kier alpha value is -0.570. The van der Waals surface area contributed by atoms with Gasteiger partial charge in [-0.25, -0.2) is 5.12 Å². The van der Waals surface area contributed by atoms with Crippen molar-refractivity contribution in [3.05, 3.63) is 28.7 Å². The molecule has 0 bridgehead atoms. The smallest absolute Gasteiger partial charge is 0.0695 e. The molecule has 1 aromatic carbocycles. The molecule has 0 fully saturated rings. The number of hydrogen-bond acceptors (Lipinski definition) is 1. The van der Waals surface area contributed by atoms with Crippen molar-refractivity contribution in [3.63, 3.8) is 0 Å². The number of benzene rings is 1. The van der Waals surface area contributed by atoms with E-state index in [1.54, 1.807) is 18.2 Å². The highest BCUT2D eigenvalue weighted by atomic mass is 79.9. The second kappa shape index (κ2) is 3.01. The van der Waals surface area contributed by atoms with Crippen LogP contribution in [-0.2, 0) is 0 Å². The standard InChI is InChI=1S/C7H7BrFN/c1-10(9)7-4-2-3-6(8)5-7/h2-5H,1H3. The molecule has 1 nitrogen and oxygen atoms in total. The first-order valence-electron chi connectivity index (χ1n) is 2.85. The summed E-state index contributed by atoms with van der Waals surface area (Å²) >= 11 is 3.24. The van der Waals surface area contributed by atoms with Gasteiger partial charge in [-0.2, -0.15) is 0 Å². The Balaban J connectivity index is 2.96. The molecule has 0 aliphatic heterocycles. The lowest BCUT2D eigenvalue weighted by molar-refractivity contribution is 0.476. The van der Waals surface area contributed by atoms with Crippen LogP contribution in [0, 0.1) is 0 Å². The fourth-order valence-electron chi connectivity index (χ4n) is 0.668. The van der Waals surface area contributed by atoms with Gasteiger partial charge < -0.3 is 0 Å². The first kappa shape index (κ1) is 7.54. The van der Waals surface area contributed by atoms with Crippen LogP contribution in [0.5, 0.6) is 0 Å². The van der Waals surface area contributed by atoms with Crippen molar-refractivity contribution >= 4 is 21.6 Å². The van der Waals surface area contributed by atoms with Crippen LogP contribution in [0.1, 0.15) is 0 Å². The molecule has 0 atom stereocenters. The van der Waals surface area contributed by atoms with Gasteiger partial charge >= 0.3 is 0 Å². The van der Waals surface area contributed by atoms with E-state index in [2.05, 4.69) is 15.9 Å². The first-order chi connectivity index (χ1) is 4.70. The van der Waals surface area contributed by atoms with Crippen molar-refractivity contribution in [2.24, 2.45) is 0 Å². The number of anilines is 1. The van der Waals surface area contributed by atoms with E-state index >= 15 is 0 Å². The molecule has 54 valence electrons. The Bertz CT molecular complexity index is 225. The van der Waals surface area contributed by atoms with Gasteiger partial charge in [-0.05, 0) is 18.2 Å². The number of halogens is 2. The monoisotopic (exact) mass is 203 g/mol. The SMILES string of the molecule is CN(F)c1cccc(Br)c1. The summed E-state index contributed by atoms with van der Waals surface area (Å²) in [6.45, 7) is 0. The van der Waals surface area contributed by atoms with Gasteiger partial charge in [0.05, 0.1) is 5.69 Å². The highest BCUT2D eigenvalue weighted by Gasteiger charge is 1.96. The van der Waals surface area contributed by atoms with E-state index in [1.807, 2.05) is 6.07 Å². The molecule has 0 radical (unpaired) electrons. The molecule has 0 saturated heterocycles. The second-order valence-corrected chi connectivity index (χ2v) is 2.87. The first-order valence-corrected chi connectivity index (χ1v) is 3.64. The van der Waals surface area contributed by atoms with Crippen molar-refractivity contribution < 1.29 is 4.48 Å². The van der Waals surface area contributed by atoms with E-state index in [0.717, 1.165) is 4.47 Å². The van der Waals surface area contributed by atoms with Crippen molar-refractivity contribution in [3.8, 4) is 0 Å². The third kappa shape index (κ3) is 1.70. The Morgan fingerprint density at radius 2 is 2.20 bits per heavy atom. The van der Waals surface area contributed by atoms with Gasteiger partial charge in [-0.3, -0.25) is 0 Å². The van der Waals surface area contributed by atoms with Crippen LogP contribution in [0.15, 0.2) is 28.7 Å². The molecule has 0 aliphatic carbocycles. The molecule has 0 amide bonds. The topological polar surface area (TPSA) is 3.24 Å². The number of nitrogens with zero attached hydrogens (tertiary/aromatic N) is 1. The van der Waals surface area contributed by atoms with E-state index < -0.39 is 0 Å². The summed E-state index contributed by atoms with van der Waals surface area (Å²) in [5, 5.41) is 0.574. The van der Waals surface area contributed by atoms with Gasteiger partial charge in [0.15, 0.2) is 0 Å². The molecule has 0 spiro atoms. The molecule has 0 aliphatic rings. The molecule has 0 N–H and O–H groups in total. The predicted molar refractivity (Wildman–Crippen MR) is 43.7 cm³/mol. The third-order valence-electron chi connectivity index (χ3n) is 1.16. The third-order valence-corrected chi connectivity index (χ3v) is 1.66. The van der Waals surface area contributed by atoms with E-state index in [4.69, 9.17) is 0 Å².